The van der Waals surface area contributed by atoms with E-state index in [1.54, 1.807) is 54.6 Å². The summed E-state index contributed by atoms with van der Waals surface area (Å²) < 4.78 is 1.42. The van der Waals surface area contributed by atoms with Gasteiger partial charge in [0.05, 0.1) is 20.5 Å². The number of ketones is 1. The van der Waals surface area contributed by atoms with E-state index in [-0.39, 0.29) is 17.0 Å². The van der Waals surface area contributed by atoms with Gasteiger partial charge < -0.3 is 5.32 Å². The number of amides is 1. The first-order valence-corrected chi connectivity index (χ1v) is 10.9. The topological polar surface area (TPSA) is 89.3 Å². The highest BCUT2D eigenvalue weighted by atomic mass is 79.9. The SMILES string of the molecule is O=C(Nc1ccc(Br)cc1C(=O)c1ccccc1Cl)c1cc2cc([N+](=O)[O-])ccc2s1. The van der Waals surface area contributed by atoms with E-state index in [0.29, 0.717) is 31.0 Å². The molecule has 1 aromatic heterocycles. The number of nitro benzene ring substituents is 1. The second-order valence-corrected chi connectivity index (χ2v) is 8.95. The van der Waals surface area contributed by atoms with Gasteiger partial charge in [-0.2, -0.15) is 0 Å². The summed E-state index contributed by atoms with van der Waals surface area (Å²) in [6.45, 7) is 0. The zero-order chi connectivity index (χ0) is 22.1. The fraction of sp³-hybridized carbons (Fsp3) is 0. The first-order valence-electron chi connectivity index (χ1n) is 8.91. The predicted molar refractivity (Wildman–Crippen MR) is 125 cm³/mol. The number of nitrogens with zero attached hydrogens (tertiary/aromatic N) is 1. The third-order valence-corrected chi connectivity index (χ3v) is 6.47. The van der Waals surface area contributed by atoms with Gasteiger partial charge in [-0.3, -0.25) is 19.7 Å². The number of hydrogen-bond acceptors (Lipinski definition) is 5. The lowest BCUT2D eigenvalue weighted by molar-refractivity contribution is -0.384. The van der Waals surface area contributed by atoms with Gasteiger partial charge in [-0.25, -0.2) is 0 Å². The summed E-state index contributed by atoms with van der Waals surface area (Å²) in [6, 6.07) is 17.7. The van der Waals surface area contributed by atoms with Gasteiger partial charge in [0, 0.05) is 37.8 Å². The minimum absolute atomic E-state index is 0.0437. The maximum Gasteiger partial charge on any atom is 0.270 e. The Bertz CT molecular complexity index is 1370. The number of hydrogen-bond donors (Lipinski definition) is 1. The van der Waals surface area contributed by atoms with E-state index in [9.17, 15) is 19.7 Å². The molecule has 0 fully saturated rings. The van der Waals surface area contributed by atoms with Crippen LogP contribution >= 0.6 is 38.9 Å². The third kappa shape index (κ3) is 4.36. The van der Waals surface area contributed by atoms with Gasteiger partial charge in [0.2, 0.25) is 0 Å². The molecular weight excluding hydrogens is 504 g/mol. The van der Waals surface area contributed by atoms with E-state index >= 15 is 0 Å². The summed E-state index contributed by atoms with van der Waals surface area (Å²) in [4.78, 5) is 36.8. The molecule has 4 rings (SSSR count). The maximum atomic E-state index is 13.1. The highest BCUT2D eigenvalue weighted by Crippen LogP contribution is 2.31. The smallest absolute Gasteiger partial charge is 0.270 e. The van der Waals surface area contributed by atoms with Crippen molar-refractivity contribution in [3.63, 3.8) is 0 Å². The van der Waals surface area contributed by atoms with Crippen molar-refractivity contribution < 1.29 is 14.5 Å². The zero-order valence-corrected chi connectivity index (χ0v) is 18.8. The zero-order valence-electron chi connectivity index (χ0n) is 15.6. The summed E-state index contributed by atoms with van der Waals surface area (Å²) >= 11 is 10.7. The number of nitrogens with one attached hydrogen (secondary N) is 1. The van der Waals surface area contributed by atoms with Crippen LogP contribution in [0.1, 0.15) is 25.6 Å². The van der Waals surface area contributed by atoms with Crippen molar-refractivity contribution in [2.24, 2.45) is 0 Å². The third-order valence-electron chi connectivity index (χ3n) is 4.53. The number of non-ortho nitro benzene ring substituents is 1. The number of halogens is 2. The normalized spacial score (nSPS) is 10.8. The lowest BCUT2D eigenvalue weighted by Gasteiger charge is -2.11. The Balaban J connectivity index is 1.67. The first kappa shape index (κ1) is 21.2. The van der Waals surface area contributed by atoms with Crippen LogP contribution in [-0.2, 0) is 0 Å². The Morgan fingerprint density at radius 1 is 1.00 bits per heavy atom. The van der Waals surface area contributed by atoms with Crippen LogP contribution in [0.5, 0.6) is 0 Å². The molecule has 0 atom stereocenters. The molecule has 1 heterocycles. The molecule has 0 aliphatic heterocycles. The molecule has 0 radical (unpaired) electrons. The minimum Gasteiger partial charge on any atom is -0.321 e. The van der Waals surface area contributed by atoms with Crippen molar-refractivity contribution in [2.45, 2.75) is 0 Å². The number of anilines is 1. The van der Waals surface area contributed by atoms with E-state index in [4.69, 9.17) is 11.6 Å². The van der Waals surface area contributed by atoms with Gasteiger partial charge in [0.15, 0.2) is 5.78 Å². The molecule has 0 aliphatic carbocycles. The molecular formula is C22H12BrClN2O4S. The standard InChI is InChI=1S/C22H12BrClN2O4S/c23-13-5-7-18(16(11-13)21(27)15-3-1-2-4-17(15)24)25-22(28)20-10-12-9-14(26(29)30)6-8-19(12)31-20/h1-11H,(H,25,28). The van der Waals surface area contributed by atoms with Gasteiger partial charge in [-0.1, -0.05) is 39.7 Å². The van der Waals surface area contributed by atoms with Crippen LogP contribution in [0.25, 0.3) is 10.1 Å². The summed E-state index contributed by atoms with van der Waals surface area (Å²) in [6.07, 6.45) is 0. The van der Waals surface area contributed by atoms with Crippen LogP contribution in [0.3, 0.4) is 0 Å². The van der Waals surface area contributed by atoms with Crippen molar-refractivity contribution in [2.75, 3.05) is 5.32 Å². The average Bonchev–Trinajstić information content (AvgIpc) is 3.18. The number of carbonyl (C=O) groups is 2. The Kier molecular flexibility index (Phi) is 5.86. The number of rotatable bonds is 5. The number of fused-ring (bicyclic) bond motifs is 1. The van der Waals surface area contributed by atoms with Crippen LogP contribution in [0.4, 0.5) is 11.4 Å². The molecule has 0 saturated carbocycles. The summed E-state index contributed by atoms with van der Waals surface area (Å²) in [5, 5.41) is 14.7. The molecule has 9 heteroatoms. The van der Waals surface area contributed by atoms with E-state index in [0.717, 1.165) is 4.70 Å². The fourth-order valence-corrected chi connectivity index (χ4v) is 4.56. The van der Waals surface area contributed by atoms with Gasteiger partial charge in [0.25, 0.3) is 11.6 Å². The van der Waals surface area contributed by atoms with Crippen molar-refractivity contribution in [3.8, 4) is 0 Å². The van der Waals surface area contributed by atoms with Gasteiger partial charge in [0.1, 0.15) is 0 Å². The maximum absolute atomic E-state index is 13.1. The molecule has 4 aromatic rings. The van der Waals surface area contributed by atoms with Crippen LogP contribution < -0.4 is 5.32 Å². The Hall–Kier alpha value is -3.07. The first-order chi connectivity index (χ1) is 14.8. The van der Waals surface area contributed by atoms with E-state index < -0.39 is 10.8 Å². The molecule has 0 spiro atoms. The monoisotopic (exact) mass is 514 g/mol. The Morgan fingerprint density at radius 3 is 2.52 bits per heavy atom. The molecule has 3 aromatic carbocycles. The summed E-state index contributed by atoms with van der Waals surface area (Å²) in [7, 11) is 0. The fourth-order valence-electron chi connectivity index (χ4n) is 3.04. The Morgan fingerprint density at radius 2 is 1.77 bits per heavy atom. The van der Waals surface area contributed by atoms with Crippen LogP contribution in [0.15, 0.2) is 71.2 Å². The van der Waals surface area contributed by atoms with Crippen LogP contribution in [-0.4, -0.2) is 16.6 Å². The second kappa shape index (κ2) is 8.58. The molecule has 1 N–H and O–H groups in total. The van der Waals surface area contributed by atoms with Crippen LogP contribution in [0.2, 0.25) is 5.02 Å². The molecule has 0 bridgehead atoms. The number of thiophene rings is 1. The highest BCUT2D eigenvalue weighted by molar-refractivity contribution is 9.10. The van der Waals surface area contributed by atoms with Gasteiger partial charge in [-0.05, 0) is 42.5 Å². The number of nitro groups is 1. The average molecular weight is 516 g/mol. The van der Waals surface area contributed by atoms with E-state index in [2.05, 4.69) is 21.2 Å². The van der Waals surface area contributed by atoms with Crippen molar-refractivity contribution in [1.82, 2.24) is 0 Å². The highest BCUT2D eigenvalue weighted by Gasteiger charge is 2.20. The lowest BCUT2D eigenvalue weighted by Crippen LogP contribution is -2.14. The summed E-state index contributed by atoms with van der Waals surface area (Å²) in [5.74, 6) is -0.742. The van der Waals surface area contributed by atoms with E-state index in [1.165, 1.54) is 23.5 Å². The quantitative estimate of drug-likeness (QED) is 0.182. The molecule has 1 amide bonds. The minimum atomic E-state index is -0.481. The van der Waals surface area contributed by atoms with Gasteiger partial charge >= 0.3 is 0 Å². The van der Waals surface area contributed by atoms with Crippen molar-refractivity contribution in [3.05, 3.63) is 102 Å². The summed E-state index contributed by atoms with van der Waals surface area (Å²) in [5.41, 5.74) is 0.902. The second-order valence-electron chi connectivity index (χ2n) is 6.54. The largest absolute Gasteiger partial charge is 0.321 e. The number of carbonyl (C=O) groups excluding carboxylic acids is 2. The van der Waals surface area contributed by atoms with Gasteiger partial charge in [-0.15, -0.1) is 11.3 Å². The lowest BCUT2D eigenvalue weighted by atomic mass is 10.0. The Labute approximate surface area is 193 Å². The van der Waals surface area contributed by atoms with Crippen LogP contribution in [0, 0.1) is 10.1 Å². The molecule has 31 heavy (non-hydrogen) atoms. The predicted octanol–water partition coefficient (Wildman–Crippen LogP) is 6.71. The molecule has 0 unspecified atom stereocenters. The molecule has 154 valence electrons. The molecule has 6 nitrogen and oxygen atoms in total. The number of benzene rings is 3. The molecule has 0 saturated heterocycles. The molecule has 0 aliphatic rings. The van der Waals surface area contributed by atoms with Crippen molar-refractivity contribution in [1.29, 1.82) is 0 Å². The van der Waals surface area contributed by atoms with E-state index in [1.807, 2.05) is 0 Å². The van der Waals surface area contributed by atoms with Crippen molar-refractivity contribution >= 4 is 72.0 Å².